The maximum Gasteiger partial charge on any atom is 0.220 e. The van der Waals surface area contributed by atoms with Crippen molar-refractivity contribution in [2.24, 2.45) is 21.7 Å². The SMILES string of the molecule is CC(C)(C)CCNC(=O)CCCSSC(C)(C)CCC(=O)C(C)(C)C.CC(CCC(=O)CCCC(C)(C)C)SSCCC(=O)C(C)(C)C. The number of carbonyl (C=O) groups is 4. The Morgan fingerprint density at radius 2 is 1.12 bits per heavy atom. The van der Waals surface area contributed by atoms with Crippen LogP contribution in [-0.4, -0.2) is 51.3 Å². The molecular formula is C39H75NO4S4. The Bertz CT molecular complexity index is 938. The van der Waals surface area contributed by atoms with Gasteiger partial charge in [-0.05, 0) is 63.2 Å². The molecule has 0 aliphatic carbocycles. The predicted molar refractivity (Wildman–Crippen MR) is 220 cm³/mol. The van der Waals surface area contributed by atoms with Crippen LogP contribution in [0.4, 0.5) is 0 Å². The summed E-state index contributed by atoms with van der Waals surface area (Å²) >= 11 is 0. The standard InChI is InChI=1S/C20H39NO2S2.C19H36O2S2/c1-18(2,3)13-14-21-17(23)10-9-15-24-25-20(7,8)12-11-16(22)19(4,5)6;1-15(23-22-14-12-17(21)19(5,6)7)10-11-16(20)9-8-13-18(2,3)4/h9-15H2,1-8H3,(H,21,23);15H,8-14H2,1-7H3. The summed E-state index contributed by atoms with van der Waals surface area (Å²) in [7, 11) is 7.23. The Morgan fingerprint density at radius 3 is 1.65 bits per heavy atom. The lowest BCUT2D eigenvalue weighted by Gasteiger charge is -2.25. The predicted octanol–water partition coefficient (Wildman–Crippen LogP) is 12.2. The van der Waals surface area contributed by atoms with E-state index in [1.807, 2.05) is 73.9 Å². The quantitative estimate of drug-likeness (QED) is 0.0865. The van der Waals surface area contributed by atoms with Gasteiger partial charge in [-0.15, -0.1) is 0 Å². The third kappa shape index (κ3) is 33.0. The number of nitrogens with one attached hydrogen (secondary N) is 1. The van der Waals surface area contributed by atoms with Crippen molar-refractivity contribution < 1.29 is 19.2 Å². The summed E-state index contributed by atoms with van der Waals surface area (Å²) in [4.78, 5) is 47.6. The maximum absolute atomic E-state index is 12.1. The first-order valence-electron chi connectivity index (χ1n) is 18.1. The van der Waals surface area contributed by atoms with E-state index in [-0.39, 0.29) is 26.9 Å². The summed E-state index contributed by atoms with van der Waals surface area (Å²) in [5, 5.41) is 3.47. The molecule has 0 fully saturated rings. The van der Waals surface area contributed by atoms with E-state index in [2.05, 4.69) is 67.6 Å². The first-order valence-corrected chi connectivity index (χ1v) is 22.8. The zero-order valence-electron chi connectivity index (χ0n) is 33.7. The van der Waals surface area contributed by atoms with Crippen LogP contribution in [0.3, 0.4) is 0 Å². The lowest BCUT2D eigenvalue weighted by molar-refractivity contribution is -0.126. The largest absolute Gasteiger partial charge is 0.356 e. The van der Waals surface area contributed by atoms with Crippen molar-refractivity contribution in [3.63, 3.8) is 0 Å². The molecule has 284 valence electrons. The van der Waals surface area contributed by atoms with Crippen LogP contribution in [0.15, 0.2) is 0 Å². The molecule has 9 heteroatoms. The van der Waals surface area contributed by atoms with Gasteiger partial charge in [0.25, 0.3) is 0 Å². The minimum Gasteiger partial charge on any atom is -0.356 e. The van der Waals surface area contributed by atoms with Gasteiger partial charge in [0.15, 0.2) is 0 Å². The molecule has 0 spiro atoms. The van der Waals surface area contributed by atoms with Crippen molar-refractivity contribution in [3.8, 4) is 0 Å². The number of carbonyl (C=O) groups excluding carboxylic acids is 4. The molecule has 0 heterocycles. The van der Waals surface area contributed by atoms with Crippen molar-refractivity contribution in [2.45, 2.75) is 184 Å². The minimum atomic E-state index is -0.242. The molecule has 1 atom stereocenters. The summed E-state index contributed by atoms with van der Waals surface area (Å²) in [6.07, 6.45) is 9.16. The fraction of sp³-hybridized carbons (Fsp3) is 0.897. The Balaban J connectivity index is 0. The van der Waals surface area contributed by atoms with Gasteiger partial charge in [-0.1, -0.05) is 133 Å². The molecule has 0 radical (unpaired) electrons. The highest BCUT2D eigenvalue weighted by Crippen LogP contribution is 2.40. The van der Waals surface area contributed by atoms with Crippen LogP contribution in [0.2, 0.25) is 0 Å². The van der Waals surface area contributed by atoms with Gasteiger partial charge in [-0.25, -0.2) is 0 Å². The van der Waals surface area contributed by atoms with Crippen LogP contribution in [0, 0.1) is 21.7 Å². The lowest BCUT2D eigenvalue weighted by Crippen LogP contribution is -2.27. The Kier molecular flexibility index (Phi) is 25.2. The van der Waals surface area contributed by atoms with Crippen molar-refractivity contribution >= 4 is 66.4 Å². The van der Waals surface area contributed by atoms with Gasteiger partial charge in [0.05, 0.1) is 0 Å². The van der Waals surface area contributed by atoms with E-state index in [0.717, 1.165) is 63.0 Å². The summed E-state index contributed by atoms with van der Waals surface area (Å²) in [5.74, 6) is 3.04. The molecule has 5 nitrogen and oxygen atoms in total. The summed E-state index contributed by atoms with van der Waals surface area (Å²) in [6.45, 7) is 32.4. The van der Waals surface area contributed by atoms with E-state index in [4.69, 9.17) is 0 Å². The number of ketones is 3. The van der Waals surface area contributed by atoms with E-state index in [0.29, 0.717) is 53.7 Å². The highest BCUT2D eigenvalue weighted by molar-refractivity contribution is 8.77. The van der Waals surface area contributed by atoms with Crippen LogP contribution in [0.1, 0.15) is 174 Å². The zero-order chi connectivity index (χ0) is 37.8. The molecule has 0 bridgehead atoms. The van der Waals surface area contributed by atoms with E-state index in [9.17, 15) is 19.2 Å². The van der Waals surface area contributed by atoms with Crippen molar-refractivity contribution in [3.05, 3.63) is 0 Å². The molecule has 0 aromatic rings. The van der Waals surface area contributed by atoms with Gasteiger partial charge in [-0.2, -0.15) is 0 Å². The van der Waals surface area contributed by atoms with Crippen LogP contribution in [-0.2, 0) is 19.2 Å². The number of rotatable bonds is 22. The molecule has 0 aromatic carbocycles. The molecule has 0 aromatic heterocycles. The number of Topliss-reactive ketones (excluding diaryl/α,β-unsaturated/α-hetero) is 3. The Hall–Kier alpha value is -0.120. The monoisotopic (exact) mass is 749 g/mol. The van der Waals surface area contributed by atoms with Crippen LogP contribution >= 0.6 is 43.2 Å². The first-order chi connectivity index (χ1) is 21.6. The Morgan fingerprint density at radius 1 is 0.583 bits per heavy atom. The first kappa shape index (κ1) is 50.0. The molecule has 0 aliphatic rings. The van der Waals surface area contributed by atoms with Gasteiger partial charge in [0, 0.05) is 71.0 Å². The molecular weight excluding hydrogens is 675 g/mol. The topological polar surface area (TPSA) is 80.3 Å². The fourth-order valence-corrected chi connectivity index (χ4v) is 9.01. The smallest absolute Gasteiger partial charge is 0.220 e. The molecule has 1 amide bonds. The van der Waals surface area contributed by atoms with E-state index in [1.165, 1.54) is 0 Å². The molecule has 0 aliphatic heterocycles. The van der Waals surface area contributed by atoms with Crippen molar-refractivity contribution in [1.82, 2.24) is 5.32 Å². The van der Waals surface area contributed by atoms with E-state index < -0.39 is 0 Å². The van der Waals surface area contributed by atoms with Gasteiger partial charge < -0.3 is 5.32 Å². The second-order valence-corrected chi connectivity index (χ2v) is 24.3. The van der Waals surface area contributed by atoms with Crippen LogP contribution in [0.25, 0.3) is 0 Å². The normalized spacial score (nSPS) is 13.4. The van der Waals surface area contributed by atoms with Crippen molar-refractivity contribution in [1.29, 1.82) is 0 Å². The van der Waals surface area contributed by atoms with Gasteiger partial charge in [0.1, 0.15) is 17.3 Å². The number of hydrogen-bond donors (Lipinski definition) is 1. The third-order valence-electron chi connectivity index (χ3n) is 7.60. The number of amides is 1. The van der Waals surface area contributed by atoms with Crippen LogP contribution in [0.5, 0.6) is 0 Å². The molecule has 0 rings (SSSR count). The number of hydrogen-bond acceptors (Lipinski definition) is 8. The van der Waals surface area contributed by atoms with E-state index in [1.54, 1.807) is 10.8 Å². The van der Waals surface area contributed by atoms with Crippen molar-refractivity contribution in [2.75, 3.05) is 18.1 Å². The highest BCUT2D eigenvalue weighted by atomic mass is 33.1. The van der Waals surface area contributed by atoms with Gasteiger partial charge >= 0.3 is 0 Å². The third-order valence-corrected chi connectivity index (χ3v) is 14.0. The molecule has 1 unspecified atom stereocenters. The minimum absolute atomic E-state index is 0.0839. The highest BCUT2D eigenvalue weighted by Gasteiger charge is 2.26. The average molecular weight is 750 g/mol. The molecule has 0 saturated heterocycles. The second kappa shape index (κ2) is 24.2. The summed E-state index contributed by atoms with van der Waals surface area (Å²) in [5.41, 5.74) is 0.120. The van der Waals surface area contributed by atoms with E-state index >= 15 is 0 Å². The van der Waals surface area contributed by atoms with Gasteiger partial charge in [-0.3, -0.25) is 19.2 Å². The van der Waals surface area contributed by atoms with Gasteiger partial charge in [0.2, 0.25) is 5.91 Å². The molecule has 0 saturated carbocycles. The molecule has 48 heavy (non-hydrogen) atoms. The lowest BCUT2D eigenvalue weighted by atomic mass is 9.87. The average Bonchev–Trinajstić information content (AvgIpc) is 2.90. The summed E-state index contributed by atoms with van der Waals surface area (Å²) in [6, 6.07) is 0. The maximum atomic E-state index is 12.1. The van der Waals surface area contributed by atoms with Crippen LogP contribution < -0.4 is 5.32 Å². The zero-order valence-corrected chi connectivity index (χ0v) is 37.0. The summed E-state index contributed by atoms with van der Waals surface area (Å²) < 4.78 is 0.0839. The second-order valence-electron chi connectivity index (χ2n) is 18.2. The molecule has 1 N–H and O–H groups in total. The Labute approximate surface area is 313 Å². The fourth-order valence-electron chi connectivity index (χ4n) is 4.02.